The zero-order valence-corrected chi connectivity index (χ0v) is 14.2. The van der Waals surface area contributed by atoms with Crippen LogP contribution in [0.15, 0.2) is 48.5 Å². The number of nitrogens with zero attached hydrogens (tertiary/aromatic N) is 2. The maximum Gasteiger partial charge on any atom is 0.333 e. The number of non-ortho nitro benzene ring substituents is 2. The maximum atomic E-state index is 12.5. The van der Waals surface area contributed by atoms with Crippen LogP contribution in [0.25, 0.3) is 0 Å². The Morgan fingerprint density at radius 3 is 2.07 bits per heavy atom. The van der Waals surface area contributed by atoms with Crippen molar-refractivity contribution in [2.24, 2.45) is 0 Å². The minimum atomic E-state index is -1.17. The highest BCUT2D eigenvalue weighted by Gasteiger charge is 2.26. The van der Waals surface area contributed by atoms with E-state index in [4.69, 9.17) is 4.74 Å². The average molecular weight is 373 g/mol. The number of hydrogen-bond donors (Lipinski definition) is 1. The van der Waals surface area contributed by atoms with Gasteiger partial charge in [0.05, 0.1) is 28.1 Å². The number of esters is 1. The molecule has 10 heteroatoms. The predicted octanol–water partition coefficient (Wildman–Crippen LogP) is 2.54. The second-order valence-electron chi connectivity index (χ2n) is 5.32. The van der Waals surface area contributed by atoms with Crippen LogP contribution in [0.4, 0.5) is 11.4 Å². The number of carbonyl (C=O) groups is 2. The monoisotopic (exact) mass is 373 g/mol. The van der Waals surface area contributed by atoms with Crippen molar-refractivity contribution in [2.75, 3.05) is 6.61 Å². The number of rotatable bonds is 7. The standard InChI is InChI=1S/C17H15N3O7/c1-2-27-17(22)15(11-6-4-3-5-7-11)18-16(21)12-8-13(19(23)24)10-14(9-12)20(25)26/h3-10,15H,2H2,1H3,(H,18,21)/t15-/m1/s1. The highest BCUT2D eigenvalue weighted by Crippen LogP contribution is 2.23. The molecular formula is C17H15N3O7. The summed E-state index contributed by atoms with van der Waals surface area (Å²) in [4.78, 5) is 45.0. The summed E-state index contributed by atoms with van der Waals surface area (Å²) in [5.41, 5.74) is -1.10. The summed E-state index contributed by atoms with van der Waals surface area (Å²) in [6.45, 7) is 1.69. The average Bonchev–Trinajstić information content (AvgIpc) is 2.66. The molecule has 0 fully saturated rings. The summed E-state index contributed by atoms with van der Waals surface area (Å²) in [7, 11) is 0. The highest BCUT2D eigenvalue weighted by molar-refractivity contribution is 5.98. The molecule has 0 saturated heterocycles. The highest BCUT2D eigenvalue weighted by atomic mass is 16.6. The maximum absolute atomic E-state index is 12.5. The minimum Gasteiger partial charge on any atom is -0.464 e. The molecule has 0 heterocycles. The van der Waals surface area contributed by atoms with Crippen LogP contribution in [-0.2, 0) is 9.53 Å². The molecule has 140 valence electrons. The third-order valence-electron chi connectivity index (χ3n) is 3.52. The number of nitro groups is 2. The summed E-state index contributed by atoms with van der Waals surface area (Å²) in [6, 6.07) is 9.60. The van der Waals surface area contributed by atoms with Gasteiger partial charge in [0.15, 0.2) is 6.04 Å². The number of ether oxygens (including phenoxy) is 1. The van der Waals surface area contributed by atoms with E-state index in [-0.39, 0.29) is 12.2 Å². The van der Waals surface area contributed by atoms with E-state index in [1.807, 2.05) is 0 Å². The molecule has 0 spiro atoms. The minimum absolute atomic E-state index is 0.0836. The number of carbonyl (C=O) groups excluding carboxylic acids is 2. The SMILES string of the molecule is CCOC(=O)[C@H](NC(=O)c1cc([N+](=O)[O-])cc([N+](=O)[O-])c1)c1ccccc1. The van der Waals surface area contributed by atoms with Gasteiger partial charge in [-0.2, -0.15) is 0 Å². The molecule has 0 bridgehead atoms. The molecule has 1 atom stereocenters. The molecule has 0 aliphatic carbocycles. The summed E-state index contributed by atoms with van der Waals surface area (Å²) in [5, 5.41) is 24.3. The Morgan fingerprint density at radius 2 is 1.59 bits per heavy atom. The van der Waals surface area contributed by atoms with Crippen LogP contribution in [0.1, 0.15) is 28.9 Å². The van der Waals surface area contributed by atoms with E-state index < -0.39 is 39.1 Å². The Labute approximate surface area is 153 Å². The largest absolute Gasteiger partial charge is 0.464 e. The number of amides is 1. The third kappa shape index (κ3) is 4.84. The zero-order chi connectivity index (χ0) is 20.0. The van der Waals surface area contributed by atoms with Gasteiger partial charge in [-0.1, -0.05) is 30.3 Å². The smallest absolute Gasteiger partial charge is 0.333 e. The van der Waals surface area contributed by atoms with Crippen molar-refractivity contribution in [3.63, 3.8) is 0 Å². The summed E-state index contributed by atoms with van der Waals surface area (Å²) < 4.78 is 4.95. The molecule has 0 aliphatic heterocycles. The molecule has 27 heavy (non-hydrogen) atoms. The van der Waals surface area contributed by atoms with Crippen molar-refractivity contribution < 1.29 is 24.2 Å². The first-order valence-electron chi connectivity index (χ1n) is 7.79. The van der Waals surface area contributed by atoms with Crippen molar-refractivity contribution >= 4 is 23.3 Å². The summed E-state index contributed by atoms with van der Waals surface area (Å²) in [5.74, 6) is -1.61. The van der Waals surface area contributed by atoms with Crippen LogP contribution in [0.5, 0.6) is 0 Å². The predicted molar refractivity (Wildman–Crippen MR) is 93.0 cm³/mol. The molecule has 0 aliphatic rings. The quantitative estimate of drug-likeness (QED) is 0.446. The second kappa shape index (κ2) is 8.52. The summed E-state index contributed by atoms with van der Waals surface area (Å²) in [6.07, 6.45) is 0. The van der Waals surface area contributed by atoms with Gasteiger partial charge in [-0.05, 0) is 12.5 Å². The first-order valence-corrected chi connectivity index (χ1v) is 7.79. The van der Waals surface area contributed by atoms with Crippen LogP contribution in [0.2, 0.25) is 0 Å². The van der Waals surface area contributed by atoms with Crippen LogP contribution in [-0.4, -0.2) is 28.3 Å². The lowest BCUT2D eigenvalue weighted by Gasteiger charge is -2.17. The van der Waals surface area contributed by atoms with E-state index in [0.29, 0.717) is 5.56 Å². The summed E-state index contributed by atoms with van der Waals surface area (Å²) >= 11 is 0. The van der Waals surface area contributed by atoms with E-state index in [1.165, 1.54) is 0 Å². The van der Waals surface area contributed by atoms with Gasteiger partial charge in [0.1, 0.15) is 0 Å². The normalized spacial score (nSPS) is 11.3. The zero-order valence-electron chi connectivity index (χ0n) is 14.2. The lowest BCUT2D eigenvalue weighted by molar-refractivity contribution is -0.394. The molecule has 1 amide bonds. The molecule has 1 N–H and O–H groups in total. The molecule has 10 nitrogen and oxygen atoms in total. The van der Waals surface area contributed by atoms with Gasteiger partial charge in [0, 0.05) is 12.1 Å². The van der Waals surface area contributed by atoms with E-state index in [9.17, 15) is 29.8 Å². The van der Waals surface area contributed by atoms with Crippen molar-refractivity contribution in [1.29, 1.82) is 0 Å². The second-order valence-corrected chi connectivity index (χ2v) is 5.32. The Balaban J connectivity index is 2.38. The van der Waals surface area contributed by atoms with Crippen LogP contribution in [0.3, 0.4) is 0 Å². The van der Waals surface area contributed by atoms with E-state index in [0.717, 1.165) is 18.2 Å². The Hall–Kier alpha value is -3.82. The first-order chi connectivity index (χ1) is 12.8. The fraction of sp³-hybridized carbons (Fsp3) is 0.176. The van der Waals surface area contributed by atoms with Crippen LogP contribution >= 0.6 is 0 Å². The molecular weight excluding hydrogens is 358 g/mol. The van der Waals surface area contributed by atoms with Gasteiger partial charge < -0.3 is 10.1 Å². The molecule has 0 radical (unpaired) electrons. The number of benzene rings is 2. The topological polar surface area (TPSA) is 142 Å². The van der Waals surface area contributed by atoms with E-state index in [2.05, 4.69) is 5.32 Å². The van der Waals surface area contributed by atoms with Crippen molar-refractivity contribution in [3.8, 4) is 0 Å². The van der Waals surface area contributed by atoms with Gasteiger partial charge in [-0.3, -0.25) is 25.0 Å². The Bertz CT molecular complexity index is 851. The lowest BCUT2D eigenvalue weighted by Crippen LogP contribution is -2.35. The van der Waals surface area contributed by atoms with Gasteiger partial charge in [-0.15, -0.1) is 0 Å². The van der Waals surface area contributed by atoms with Crippen LogP contribution < -0.4 is 5.32 Å². The van der Waals surface area contributed by atoms with Crippen molar-refractivity contribution in [3.05, 3.63) is 79.9 Å². The number of nitrogens with one attached hydrogen (secondary N) is 1. The Morgan fingerprint density at radius 1 is 1.04 bits per heavy atom. The van der Waals surface area contributed by atoms with Gasteiger partial charge in [-0.25, -0.2) is 4.79 Å². The molecule has 0 unspecified atom stereocenters. The lowest BCUT2D eigenvalue weighted by atomic mass is 10.1. The Kier molecular flexibility index (Phi) is 6.15. The molecule has 0 saturated carbocycles. The molecule has 2 rings (SSSR count). The fourth-order valence-corrected chi connectivity index (χ4v) is 2.30. The number of hydrogen-bond acceptors (Lipinski definition) is 7. The molecule has 0 aromatic heterocycles. The van der Waals surface area contributed by atoms with E-state index in [1.54, 1.807) is 37.3 Å². The first kappa shape index (κ1) is 19.5. The fourth-order valence-electron chi connectivity index (χ4n) is 2.30. The van der Waals surface area contributed by atoms with Gasteiger partial charge in [0.2, 0.25) is 0 Å². The molecule has 2 aromatic carbocycles. The van der Waals surface area contributed by atoms with Crippen molar-refractivity contribution in [2.45, 2.75) is 13.0 Å². The van der Waals surface area contributed by atoms with Gasteiger partial charge in [0.25, 0.3) is 17.3 Å². The van der Waals surface area contributed by atoms with Crippen LogP contribution in [0, 0.1) is 20.2 Å². The molecule has 2 aromatic rings. The van der Waals surface area contributed by atoms with Crippen molar-refractivity contribution in [1.82, 2.24) is 5.32 Å². The van der Waals surface area contributed by atoms with E-state index >= 15 is 0 Å². The number of nitro benzene ring substituents is 2. The third-order valence-corrected chi connectivity index (χ3v) is 3.52. The van der Waals surface area contributed by atoms with Gasteiger partial charge >= 0.3 is 5.97 Å².